The lowest BCUT2D eigenvalue weighted by Gasteiger charge is -2.28. The van der Waals surface area contributed by atoms with Crippen LogP contribution >= 0.6 is 45.2 Å². The molecule has 2 rings (SSSR count). The van der Waals surface area contributed by atoms with E-state index in [2.05, 4.69) is 45.2 Å². The van der Waals surface area contributed by atoms with Gasteiger partial charge in [0.25, 0.3) is 0 Å². The van der Waals surface area contributed by atoms with Gasteiger partial charge in [-0.05, 0) is 12.1 Å². The second-order valence-corrected chi connectivity index (χ2v) is 8.84. The molecule has 0 fully saturated rings. The Bertz CT molecular complexity index is 617. The zero-order chi connectivity index (χ0) is 13.2. The minimum Gasteiger partial charge on any atom is -0.464 e. The maximum atomic E-state index is 8.81. The molecule has 0 unspecified atom stereocenters. The van der Waals surface area contributed by atoms with Gasteiger partial charge in [-0.25, -0.2) is 0 Å². The molecule has 1 aromatic carbocycles. The molecular weight excluding hydrogens is 454 g/mol. The first-order valence-electron chi connectivity index (χ1n) is 4.96. The first kappa shape index (κ1) is 13.4. The zero-order valence-electron chi connectivity index (χ0n) is 9.02. The molecule has 18 heavy (non-hydrogen) atoms. The molecule has 0 saturated heterocycles. The van der Waals surface area contributed by atoms with E-state index in [1.54, 1.807) is 12.3 Å². The van der Waals surface area contributed by atoms with E-state index < -0.39 is 0 Å². The minimum atomic E-state index is -0.344. The summed E-state index contributed by atoms with van der Waals surface area (Å²) in [5, 5.41) is 17.6. The van der Waals surface area contributed by atoms with Crippen LogP contribution in [-0.2, 0) is 1.43 Å². The van der Waals surface area contributed by atoms with Crippen molar-refractivity contribution in [2.45, 2.75) is 1.43 Å². The lowest BCUT2D eigenvalue weighted by Crippen LogP contribution is -2.17. The van der Waals surface area contributed by atoms with Crippen molar-refractivity contribution >= 4 is 45.2 Å². The molecule has 0 radical (unpaired) electrons. The molecule has 0 aromatic heterocycles. The Morgan fingerprint density at radius 2 is 1.89 bits per heavy atom. The predicted octanol–water partition coefficient (Wildman–Crippen LogP) is 3.96. The van der Waals surface area contributed by atoms with E-state index in [0.717, 1.165) is 16.9 Å². The normalized spacial score (nSPS) is 15.2. The van der Waals surface area contributed by atoms with Crippen LogP contribution in [0.25, 0.3) is 0 Å². The van der Waals surface area contributed by atoms with Crippen molar-refractivity contribution in [2.24, 2.45) is 0 Å². The van der Waals surface area contributed by atoms with Gasteiger partial charge in [0, 0.05) is 11.1 Å². The summed E-state index contributed by atoms with van der Waals surface area (Å²) in [5.74, 6) is 0.800. The third-order valence-electron chi connectivity index (χ3n) is 2.44. The largest absolute Gasteiger partial charge is 0.464 e. The number of hydrogen-bond acceptors (Lipinski definition) is 3. The Kier molecular flexibility index (Phi) is 3.93. The summed E-state index contributed by atoms with van der Waals surface area (Å²) >= 11 is 4.57. The number of ether oxygens (including phenoxy) is 1. The summed E-state index contributed by atoms with van der Waals surface area (Å²) in [7, 11) is 0. The van der Waals surface area contributed by atoms with Crippen molar-refractivity contribution < 1.29 is 4.74 Å². The highest BCUT2D eigenvalue weighted by Gasteiger charge is 2.35. The number of hydrogen-bond donors (Lipinski definition) is 0. The molecule has 0 N–H and O–H groups in total. The zero-order valence-corrected chi connectivity index (χ0v) is 13.3. The molecular formula is C13H6I2N2O. The number of nitrogens with zero attached hydrogens (tertiary/aromatic N) is 2. The van der Waals surface area contributed by atoms with Gasteiger partial charge in [-0.1, -0.05) is 63.4 Å². The smallest absolute Gasteiger partial charge is 0.132 e. The second-order valence-electron chi connectivity index (χ2n) is 3.54. The summed E-state index contributed by atoms with van der Waals surface area (Å²) in [5.41, 5.74) is 1.89. The van der Waals surface area contributed by atoms with Gasteiger partial charge in [0.2, 0.25) is 0 Å². The molecule has 1 aliphatic heterocycles. The molecule has 1 aromatic rings. The van der Waals surface area contributed by atoms with Crippen LogP contribution in [0.2, 0.25) is 0 Å². The number of alkyl halides is 2. The average Bonchev–Trinajstić information content (AvgIpc) is 2.38. The van der Waals surface area contributed by atoms with Gasteiger partial charge < -0.3 is 4.74 Å². The second kappa shape index (κ2) is 5.29. The Labute approximate surface area is 132 Å². The summed E-state index contributed by atoms with van der Waals surface area (Å²) in [6.07, 6.45) is 3.16. The fourth-order valence-corrected chi connectivity index (χ4v) is 3.01. The van der Waals surface area contributed by atoms with Crippen molar-refractivity contribution in [3.8, 4) is 17.9 Å². The van der Waals surface area contributed by atoms with Crippen LogP contribution in [0, 0.1) is 22.7 Å². The van der Waals surface area contributed by atoms with Crippen LogP contribution in [0.3, 0.4) is 0 Å². The SMILES string of the molecule is N#CC(C#N)=CC1=COc2ccccc2C1(I)I. The molecule has 5 heteroatoms. The van der Waals surface area contributed by atoms with E-state index in [1.807, 2.05) is 36.4 Å². The molecule has 88 valence electrons. The first-order valence-corrected chi connectivity index (χ1v) is 7.12. The quantitative estimate of drug-likeness (QED) is 0.363. The number of nitriles is 2. The van der Waals surface area contributed by atoms with Gasteiger partial charge in [-0.2, -0.15) is 10.5 Å². The topological polar surface area (TPSA) is 56.8 Å². The standard InChI is InChI=1S/C13H6I2N2O/c14-13(15)10(5-9(6-16)7-17)8-18-12-4-2-1-3-11(12)13/h1-5,8H. The summed E-state index contributed by atoms with van der Waals surface area (Å²) < 4.78 is 5.18. The Hall–Kier alpha value is -1.06. The third kappa shape index (κ3) is 2.38. The highest BCUT2D eigenvalue weighted by atomic mass is 127. The maximum absolute atomic E-state index is 8.81. The molecule has 0 atom stereocenters. The van der Waals surface area contributed by atoms with Crippen molar-refractivity contribution in [1.29, 1.82) is 10.5 Å². The number of allylic oxidation sites excluding steroid dienone is 3. The Morgan fingerprint density at radius 1 is 1.22 bits per heavy atom. The molecule has 0 amide bonds. The van der Waals surface area contributed by atoms with Crippen molar-refractivity contribution in [2.75, 3.05) is 0 Å². The number of halogens is 2. The van der Waals surface area contributed by atoms with Crippen molar-refractivity contribution in [1.82, 2.24) is 0 Å². The van der Waals surface area contributed by atoms with E-state index in [0.29, 0.717) is 0 Å². The van der Waals surface area contributed by atoms with E-state index >= 15 is 0 Å². The minimum absolute atomic E-state index is 0.0712. The van der Waals surface area contributed by atoms with Crippen LogP contribution < -0.4 is 4.74 Å². The third-order valence-corrected chi connectivity index (χ3v) is 4.85. The fraction of sp³-hybridized carbons (Fsp3) is 0.0769. The number of benzene rings is 1. The summed E-state index contributed by atoms with van der Waals surface area (Å²) in [4.78, 5) is 0. The van der Waals surface area contributed by atoms with Gasteiger partial charge >= 0.3 is 0 Å². The maximum Gasteiger partial charge on any atom is 0.132 e. The van der Waals surface area contributed by atoms with Gasteiger partial charge in [-0.3, -0.25) is 0 Å². The van der Waals surface area contributed by atoms with Crippen LogP contribution in [0.5, 0.6) is 5.75 Å². The predicted molar refractivity (Wildman–Crippen MR) is 84.2 cm³/mol. The number of para-hydroxylation sites is 1. The van der Waals surface area contributed by atoms with Crippen LogP contribution in [0.4, 0.5) is 0 Å². The lowest BCUT2D eigenvalue weighted by atomic mass is 10.0. The fourth-order valence-electron chi connectivity index (χ4n) is 1.55. The highest BCUT2D eigenvalue weighted by molar-refractivity contribution is 14.2. The van der Waals surface area contributed by atoms with E-state index in [-0.39, 0.29) is 7.00 Å². The molecule has 1 heterocycles. The van der Waals surface area contributed by atoms with Crippen LogP contribution in [0.15, 0.2) is 47.7 Å². The van der Waals surface area contributed by atoms with Crippen molar-refractivity contribution in [3.05, 3.63) is 53.3 Å². The molecule has 1 aliphatic rings. The Morgan fingerprint density at radius 3 is 2.56 bits per heavy atom. The molecule has 0 saturated carbocycles. The number of rotatable bonds is 1. The molecule has 0 aliphatic carbocycles. The van der Waals surface area contributed by atoms with E-state index in [4.69, 9.17) is 15.3 Å². The molecule has 3 nitrogen and oxygen atoms in total. The molecule has 0 spiro atoms. The Balaban J connectivity index is 2.50. The monoisotopic (exact) mass is 460 g/mol. The molecule has 0 bridgehead atoms. The van der Waals surface area contributed by atoms with Crippen molar-refractivity contribution in [3.63, 3.8) is 0 Å². The lowest BCUT2D eigenvalue weighted by molar-refractivity contribution is 0.458. The van der Waals surface area contributed by atoms with E-state index in [9.17, 15) is 0 Å². The summed E-state index contributed by atoms with van der Waals surface area (Å²) in [6, 6.07) is 11.4. The van der Waals surface area contributed by atoms with Gasteiger partial charge in [0.1, 0.15) is 24.9 Å². The van der Waals surface area contributed by atoms with Gasteiger partial charge in [-0.15, -0.1) is 0 Å². The average molecular weight is 460 g/mol. The highest BCUT2D eigenvalue weighted by Crippen LogP contribution is 2.52. The van der Waals surface area contributed by atoms with Crippen LogP contribution in [0.1, 0.15) is 5.56 Å². The number of fused-ring (bicyclic) bond motifs is 1. The first-order chi connectivity index (χ1) is 8.59. The van der Waals surface area contributed by atoms with Gasteiger partial charge in [0.05, 0.1) is 6.26 Å². The van der Waals surface area contributed by atoms with Gasteiger partial charge in [0.15, 0.2) is 0 Å². The van der Waals surface area contributed by atoms with Crippen LogP contribution in [-0.4, -0.2) is 0 Å². The van der Waals surface area contributed by atoms with E-state index in [1.165, 1.54) is 0 Å². The summed E-state index contributed by atoms with van der Waals surface area (Å²) in [6.45, 7) is 0.